The van der Waals surface area contributed by atoms with E-state index in [2.05, 4.69) is 28.1 Å². The molecule has 2 N–H and O–H groups in total. The molecule has 1 saturated heterocycles. The molecule has 0 radical (unpaired) electrons. The van der Waals surface area contributed by atoms with Crippen molar-refractivity contribution < 1.29 is 4.79 Å². The quantitative estimate of drug-likeness (QED) is 0.805. The topological polar surface area (TPSA) is 41.1 Å². The predicted octanol–water partition coefficient (Wildman–Crippen LogP) is 2.99. The summed E-state index contributed by atoms with van der Waals surface area (Å²) in [5.41, 5.74) is 0.784. The first-order chi connectivity index (χ1) is 10.3. The standard InChI is InChI=1S/C16H18N2OS2/c19-16(18-10-12-8-17-9-12)14-5-1-2-6-15(14)21-11-13-4-3-7-20-13/h1-7,12,17H,8-11H2,(H,18,19). The fraction of sp³-hybridized carbons (Fsp3) is 0.312. The maximum atomic E-state index is 12.3. The fourth-order valence-electron chi connectivity index (χ4n) is 2.15. The van der Waals surface area contributed by atoms with E-state index in [1.807, 2.05) is 24.3 Å². The van der Waals surface area contributed by atoms with Gasteiger partial charge in [-0.2, -0.15) is 0 Å². The van der Waals surface area contributed by atoms with Crippen molar-refractivity contribution in [2.24, 2.45) is 5.92 Å². The Morgan fingerprint density at radius 1 is 1.29 bits per heavy atom. The van der Waals surface area contributed by atoms with Crippen molar-refractivity contribution >= 4 is 29.0 Å². The summed E-state index contributed by atoms with van der Waals surface area (Å²) in [5, 5.41) is 8.35. The highest BCUT2D eigenvalue weighted by Gasteiger charge is 2.18. The molecule has 21 heavy (non-hydrogen) atoms. The van der Waals surface area contributed by atoms with Crippen LogP contribution in [0, 0.1) is 5.92 Å². The van der Waals surface area contributed by atoms with Gasteiger partial charge in [-0.3, -0.25) is 4.79 Å². The fourth-order valence-corrected chi connectivity index (χ4v) is 3.97. The highest BCUT2D eigenvalue weighted by Crippen LogP contribution is 2.27. The zero-order valence-corrected chi connectivity index (χ0v) is 13.3. The lowest BCUT2D eigenvalue weighted by atomic mass is 10.0. The van der Waals surface area contributed by atoms with Crippen LogP contribution in [0.1, 0.15) is 15.2 Å². The van der Waals surface area contributed by atoms with Crippen molar-refractivity contribution in [2.45, 2.75) is 10.6 Å². The summed E-state index contributed by atoms with van der Waals surface area (Å²) in [6, 6.07) is 12.0. The molecule has 1 fully saturated rings. The van der Waals surface area contributed by atoms with Gasteiger partial charge in [-0.25, -0.2) is 0 Å². The minimum atomic E-state index is 0.0381. The van der Waals surface area contributed by atoms with E-state index in [0.717, 1.165) is 35.8 Å². The summed E-state index contributed by atoms with van der Waals surface area (Å²) in [4.78, 5) is 14.7. The maximum Gasteiger partial charge on any atom is 0.252 e. The molecule has 1 aliphatic rings. The third kappa shape index (κ3) is 3.87. The Bertz CT molecular complexity index is 594. The zero-order chi connectivity index (χ0) is 14.5. The number of thiophene rings is 1. The molecule has 1 amide bonds. The summed E-state index contributed by atoms with van der Waals surface area (Å²) in [6.45, 7) is 2.78. The van der Waals surface area contributed by atoms with Crippen LogP contribution in [0.4, 0.5) is 0 Å². The van der Waals surface area contributed by atoms with Gasteiger partial charge in [0.15, 0.2) is 0 Å². The molecule has 2 heterocycles. The lowest BCUT2D eigenvalue weighted by molar-refractivity contribution is 0.0939. The first kappa shape index (κ1) is 14.6. The third-order valence-electron chi connectivity index (χ3n) is 3.50. The number of thioether (sulfide) groups is 1. The van der Waals surface area contributed by atoms with Gasteiger partial charge in [-0.15, -0.1) is 23.1 Å². The Morgan fingerprint density at radius 3 is 2.86 bits per heavy atom. The highest BCUT2D eigenvalue weighted by atomic mass is 32.2. The van der Waals surface area contributed by atoms with Crippen LogP contribution in [0.5, 0.6) is 0 Å². The van der Waals surface area contributed by atoms with E-state index in [4.69, 9.17) is 0 Å². The van der Waals surface area contributed by atoms with Crippen LogP contribution in [-0.4, -0.2) is 25.5 Å². The smallest absolute Gasteiger partial charge is 0.252 e. The van der Waals surface area contributed by atoms with Gasteiger partial charge in [0, 0.05) is 41.1 Å². The van der Waals surface area contributed by atoms with Crippen LogP contribution >= 0.6 is 23.1 Å². The second-order valence-corrected chi connectivity index (χ2v) is 7.15. The second kappa shape index (κ2) is 7.11. The van der Waals surface area contributed by atoms with Gasteiger partial charge in [-0.1, -0.05) is 18.2 Å². The summed E-state index contributed by atoms with van der Waals surface area (Å²) in [6.07, 6.45) is 0. The van der Waals surface area contributed by atoms with Crippen molar-refractivity contribution in [3.05, 3.63) is 52.2 Å². The molecular formula is C16H18N2OS2. The monoisotopic (exact) mass is 318 g/mol. The van der Waals surface area contributed by atoms with E-state index in [0.29, 0.717) is 5.92 Å². The molecule has 3 nitrogen and oxygen atoms in total. The Morgan fingerprint density at radius 2 is 2.14 bits per heavy atom. The molecular weight excluding hydrogens is 300 g/mol. The number of carbonyl (C=O) groups is 1. The Balaban J connectivity index is 1.62. The molecule has 0 saturated carbocycles. The maximum absolute atomic E-state index is 12.3. The molecule has 2 aromatic rings. The van der Waals surface area contributed by atoms with E-state index >= 15 is 0 Å². The first-order valence-electron chi connectivity index (χ1n) is 7.06. The van der Waals surface area contributed by atoms with Crippen LogP contribution in [0.15, 0.2) is 46.7 Å². The number of carbonyl (C=O) groups excluding carboxylic acids is 1. The summed E-state index contributed by atoms with van der Waals surface area (Å²) >= 11 is 3.48. The van der Waals surface area contributed by atoms with Gasteiger partial charge in [-0.05, 0) is 23.6 Å². The molecule has 5 heteroatoms. The van der Waals surface area contributed by atoms with E-state index < -0.39 is 0 Å². The van der Waals surface area contributed by atoms with Crippen LogP contribution in [0.2, 0.25) is 0 Å². The molecule has 3 rings (SSSR count). The molecule has 1 aromatic heterocycles. The van der Waals surface area contributed by atoms with E-state index in [1.54, 1.807) is 23.1 Å². The average Bonchev–Trinajstić information content (AvgIpc) is 2.97. The van der Waals surface area contributed by atoms with Gasteiger partial charge in [0.1, 0.15) is 0 Å². The van der Waals surface area contributed by atoms with Gasteiger partial charge in [0.2, 0.25) is 0 Å². The molecule has 110 valence electrons. The van der Waals surface area contributed by atoms with E-state index in [9.17, 15) is 4.79 Å². The third-order valence-corrected chi connectivity index (χ3v) is 5.68. The normalized spacial score (nSPS) is 14.7. The molecule has 0 bridgehead atoms. The Kier molecular flexibility index (Phi) is 4.95. The van der Waals surface area contributed by atoms with Crippen molar-refractivity contribution in [2.75, 3.05) is 19.6 Å². The van der Waals surface area contributed by atoms with Crippen LogP contribution in [-0.2, 0) is 5.75 Å². The lowest BCUT2D eigenvalue weighted by Crippen LogP contribution is -2.48. The number of hydrogen-bond acceptors (Lipinski definition) is 4. The highest BCUT2D eigenvalue weighted by molar-refractivity contribution is 7.98. The molecule has 0 unspecified atom stereocenters. The number of rotatable bonds is 6. The van der Waals surface area contributed by atoms with Gasteiger partial charge < -0.3 is 10.6 Å². The Labute approximate surface area is 133 Å². The molecule has 1 aliphatic heterocycles. The van der Waals surface area contributed by atoms with Crippen molar-refractivity contribution in [3.63, 3.8) is 0 Å². The SMILES string of the molecule is O=C(NCC1CNC1)c1ccccc1SCc1cccs1. The molecule has 0 aliphatic carbocycles. The minimum Gasteiger partial charge on any atom is -0.352 e. The van der Waals surface area contributed by atoms with Crippen molar-refractivity contribution in [1.82, 2.24) is 10.6 Å². The van der Waals surface area contributed by atoms with Gasteiger partial charge in [0.25, 0.3) is 5.91 Å². The molecule has 0 atom stereocenters. The van der Waals surface area contributed by atoms with Gasteiger partial charge in [0.05, 0.1) is 5.56 Å². The summed E-state index contributed by atoms with van der Waals surface area (Å²) in [7, 11) is 0. The number of nitrogens with one attached hydrogen (secondary N) is 2. The summed E-state index contributed by atoms with van der Waals surface area (Å²) in [5.74, 6) is 1.53. The average molecular weight is 318 g/mol. The van der Waals surface area contributed by atoms with E-state index in [1.165, 1.54) is 4.88 Å². The predicted molar refractivity (Wildman–Crippen MR) is 89.0 cm³/mol. The molecule has 0 spiro atoms. The lowest BCUT2D eigenvalue weighted by Gasteiger charge is -2.27. The molecule has 1 aromatic carbocycles. The van der Waals surface area contributed by atoms with Crippen LogP contribution in [0.25, 0.3) is 0 Å². The zero-order valence-electron chi connectivity index (χ0n) is 11.7. The number of benzene rings is 1. The first-order valence-corrected chi connectivity index (χ1v) is 8.92. The largest absolute Gasteiger partial charge is 0.352 e. The van der Waals surface area contributed by atoms with Crippen molar-refractivity contribution in [1.29, 1.82) is 0 Å². The van der Waals surface area contributed by atoms with Crippen molar-refractivity contribution in [3.8, 4) is 0 Å². The number of hydrogen-bond donors (Lipinski definition) is 2. The second-order valence-electron chi connectivity index (χ2n) is 5.10. The van der Waals surface area contributed by atoms with Gasteiger partial charge >= 0.3 is 0 Å². The van der Waals surface area contributed by atoms with Crippen LogP contribution in [0.3, 0.4) is 0 Å². The van der Waals surface area contributed by atoms with E-state index in [-0.39, 0.29) is 5.91 Å². The minimum absolute atomic E-state index is 0.0381. The van der Waals surface area contributed by atoms with Crippen LogP contribution < -0.4 is 10.6 Å². The number of amides is 1. The Hall–Kier alpha value is -1.30. The summed E-state index contributed by atoms with van der Waals surface area (Å²) < 4.78 is 0.